The molecule has 0 heterocycles. The standard InChI is InChI=1S/C13H18N2O6S2/c1-15(21-2)23(19,20)11-5-3-4-10(8-11)13(18)14-6-7-22-9-12(16)17/h3-5,8H,6-7,9H2,1-2H3,(H,14,18)(H,16,17). The van der Waals surface area contributed by atoms with Gasteiger partial charge in [-0.3, -0.25) is 14.4 Å². The predicted molar refractivity (Wildman–Crippen MR) is 85.7 cm³/mol. The maximum absolute atomic E-state index is 12.1. The van der Waals surface area contributed by atoms with Crippen molar-refractivity contribution in [3.05, 3.63) is 29.8 Å². The molecule has 1 rings (SSSR count). The van der Waals surface area contributed by atoms with Gasteiger partial charge in [-0.15, -0.1) is 11.8 Å². The summed E-state index contributed by atoms with van der Waals surface area (Å²) in [5.74, 6) is -0.936. The second-order valence-corrected chi connectivity index (χ2v) is 7.37. The van der Waals surface area contributed by atoms with Crippen molar-refractivity contribution in [1.82, 2.24) is 9.79 Å². The smallest absolute Gasteiger partial charge is 0.313 e. The van der Waals surface area contributed by atoms with E-state index in [0.29, 0.717) is 10.2 Å². The van der Waals surface area contributed by atoms with Crippen LogP contribution < -0.4 is 5.32 Å². The number of nitrogens with one attached hydrogen (secondary N) is 1. The molecule has 23 heavy (non-hydrogen) atoms. The number of benzene rings is 1. The fraction of sp³-hybridized carbons (Fsp3) is 0.385. The van der Waals surface area contributed by atoms with Gasteiger partial charge in [0.1, 0.15) is 0 Å². The molecule has 0 saturated carbocycles. The maximum atomic E-state index is 12.1. The van der Waals surface area contributed by atoms with Crippen LogP contribution >= 0.6 is 11.8 Å². The summed E-state index contributed by atoms with van der Waals surface area (Å²) in [6.45, 7) is 0.283. The number of hydroxylamine groups is 1. The summed E-state index contributed by atoms with van der Waals surface area (Å²) < 4.78 is 24.9. The Morgan fingerprint density at radius 1 is 1.39 bits per heavy atom. The summed E-state index contributed by atoms with van der Waals surface area (Å²) in [5.41, 5.74) is 0.193. The van der Waals surface area contributed by atoms with Gasteiger partial charge in [0.15, 0.2) is 0 Å². The van der Waals surface area contributed by atoms with E-state index in [1.165, 1.54) is 50.2 Å². The lowest BCUT2D eigenvalue weighted by atomic mass is 10.2. The molecule has 8 nitrogen and oxygen atoms in total. The number of hydrogen-bond acceptors (Lipinski definition) is 6. The molecule has 0 aliphatic heterocycles. The van der Waals surface area contributed by atoms with Crippen LogP contribution in [0.4, 0.5) is 0 Å². The van der Waals surface area contributed by atoms with Gasteiger partial charge in [-0.25, -0.2) is 8.42 Å². The van der Waals surface area contributed by atoms with Crippen molar-refractivity contribution >= 4 is 33.7 Å². The molecule has 10 heteroatoms. The Kier molecular flexibility index (Phi) is 7.49. The van der Waals surface area contributed by atoms with Crippen LogP contribution in [0.25, 0.3) is 0 Å². The number of rotatable bonds is 9. The van der Waals surface area contributed by atoms with E-state index in [9.17, 15) is 18.0 Å². The highest BCUT2D eigenvalue weighted by Crippen LogP contribution is 2.16. The van der Waals surface area contributed by atoms with Crippen LogP contribution in [0.2, 0.25) is 0 Å². The topological polar surface area (TPSA) is 113 Å². The molecule has 0 radical (unpaired) electrons. The third-order valence-corrected chi connectivity index (χ3v) is 5.37. The Balaban J connectivity index is 2.69. The van der Waals surface area contributed by atoms with E-state index in [4.69, 9.17) is 5.11 Å². The van der Waals surface area contributed by atoms with Gasteiger partial charge < -0.3 is 10.4 Å². The highest BCUT2D eigenvalue weighted by atomic mass is 32.2. The molecule has 1 aromatic rings. The monoisotopic (exact) mass is 362 g/mol. The first-order chi connectivity index (χ1) is 10.8. The number of hydrogen-bond donors (Lipinski definition) is 2. The number of sulfonamides is 1. The van der Waals surface area contributed by atoms with E-state index < -0.39 is 21.9 Å². The van der Waals surface area contributed by atoms with E-state index in [1.54, 1.807) is 0 Å². The first kappa shape index (κ1) is 19.4. The number of carbonyl (C=O) groups is 2. The van der Waals surface area contributed by atoms with E-state index >= 15 is 0 Å². The number of carbonyl (C=O) groups excluding carboxylic acids is 1. The lowest BCUT2D eigenvalue weighted by Crippen LogP contribution is -2.28. The summed E-state index contributed by atoms with van der Waals surface area (Å²) in [7, 11) is -1.35. The minimum Gasteiger partial charge on any atom is -0.481 e. The van der Waals surface area contributed by atoms with E-state index in [1.807, 2.05) is 0 Å². The fourth-order valence-electron chi connectivity index (χ4n) is 1.54. The zero-order chi connectivity index (χ0) is 17.5. The number of nitrogens with zero attached hydrogens (tertiary/aromatic N) is 1. The molecule has 1 amide bonds. The lowest BCUT2D eigenvalue weighted by Gasteiger charge is -2.14. The Labute approximate surface area is 138 Å². The van der Waals surface area contributed by atoms with Gasteiger partial charge in [0, 0.05) is 24.9 Å². The molecule has 0 spiro atoms. The average molecular weight is 362 g/mol. The van der Waals surface area contributed by atoms with Crippen molar-refractivity contribution in [3.8, 4) is 0 Å². The van der Waals surface area contributed by atoms with Crippen LogP contribution in [-0.4, -0.2) is 62.1 Å². The van der Waals surface area contributed by atoms with Gasteiger partial charge >= 0.3 is 5.97 Å². The zero-order valence-electron chi connectivity index (χ0n) is 12.7. The van der Waals surface area contributed by atoms with Crippen LogP contribution in [0.5, 0.6) is 0 Å². The number of amides is 1. The summed E-state index contributed by atoms with van der Waals surface area (Å²) in [4.78, 5) is 26.9. The van der Waals surface area contributed by atoms with E-state index in [0.717, 1.165) is 0 Å². The third-order valence-electron chi connectivity index (χ3n) is 2.75. The Morgan fingerprint density at radius 2 is 2.09 bits per heavy atom. The molecule has 0 aliphatic rings. The van der Waals surface area contributed by atoms with Gasteiger partial charge in [0.2, 0.25) is 0 Å². The van der Waals surface area contributed by atoms with Gasteiger partial charge in [-0.2, -0.15) is 0 Å². The number of thioether (sulfide) groups is 1. The lowest BCUT2D eigenvalue weighted by molar-refractivity contribution is -0.133. The van der Waals surface area contributed by atoms with Gasteiger partial charge in [0.05, 0.1) is 17.8 Å². The summed E-state index contributed by atoms with van der Waals surface area (Å²) in [6, 6.07) is 5.57. The van der Waals surface area contributed by atoms with Crippen LogP contribution in [0.1, 0.15) is 10.4 Å². The van der Waals surface area contributed by atoms with Gasteiger partial charge in [-0.1, -0.05) is 10.5 Å². The van der Waals surface area contributed by atoms with E-state index in [-0.39, 0.29) is 22.8 Å². The van der Waals surface area contributed by atoms with E-state index in [2.05, 4.69) is 10.2 Å². The molecule has 0 saturated heterocycles. The van der Waals surface area contributed by atoms with Crippen LogP contribution in [0, 0.1) is 0 Å². The minimum atomic E-state index is -3.82. The first-order valence-electron chi connectivity index (χ1n) is 6.50. The van der Waals surface area contributed by atoms with Gasteiger partial charge in [0.25, 0.3) is 15.9 Å². The van der Waals surface area contributed by atoms with Crippen LogP contribution in [0.3, 0.4) is 0 Å². The first-order valence-corrected chi connectivity index (χ1v) is 9.09. The molecule has 2 N–H and O–H groups in total. The maximum Gasteiger partial charge on any atom is 0.313 e. The summed E-state index contributed by atoms with van der Waals surface area (Å²) in [5, 5.41) is 11.1. The van der Waals surface area contributed by atoms with Crippen molar-refractivity contribution in [3.63, 3.8) is 0 Å². The van der Waals surface area contributed by atoms with Crippen LogP contribution in [-0.2, 0) is 19.7 Å². The van der Waals surface area contributed by atoms with Crippen molar-refractivity contribution < 1.29 is 28.0 Å². The van der Waals surface area contributed by atoms with Gasteiger partial charge in [-0.05, 0) is 18.2 Å². The molecule has 0 unspecified atom stereocenters. The number of aliphatic carboxylic acids is 1. The molecular weight excluding hydrogens is 344 g/mol. The quantitative estimate of drug-likeness (QED) is 0.483. The summed E-state index contributed by atoms with van der Waals surface area (Å²) >= 11 is 1.18. The second kappa shape index (κ2) is 8.87. The zero-order valence-corrected chi connectivity index (χ0v) is 14.3. The van der Waals surface area contributed by atoms with Crippen molar-refractivity contribution in [1.29, 1.82) is 0 Å². The Morgan fingerprint density at radius 3 is 2.70 bits per heavy atom. The highest BCUT2D eigenvalue weighted by molar-refractivity contribution is 7.99. The molecule has 1 aromatic carbocycles. The SMILES string of the molecule is CON(C)S(=O)(=O)c1cccc(C(=O)NCCSCC(=O)O)c1. The molecule has 0 atom stereocenters. The minimum absolute atomic E-state index is 0.0348. The Hall–Kier alpha value is -1.62. The highest BCUT2D eigenvalue weighted by Gasteiger charge is 2.21. The molecule has 0 aliphatic carbocycles. The predicted octanol–water partition coefficient (Wildman–Crippen LogP) is 0.416. The van der Waals surface area contributed by atoms with Crippen molar-refractivity contribution in [2.75, 3.05) is 32.2 Å². The normalized spacial score (nSPS) is 11.4. The van der Waals surface area contributed by atoms with Crippen molar-refractivity contribution in [2.45, 2.75) is 4.90 Å². The molecule has 128 valence electrons. The molecule has 0 fully saturated rings. The Bertz CT molecular complexity index is 662. The van der Waals surface area contributed by atoms with Crippen molar-refractivity contribution in [2.24, 2.45) is 0 Å². The summed E-state index contributed by atoms with van der Waals surface area (Å²) in [6.07, 6.45) is 0. The largest absolute Gasteiger partial charge is 0.481 e. The average Bonchev–Trinajstić information content (AvgIpc) is 2.53. The number of carboxylic acid groups (broad SMARTS) is 1. The van der Waals surface area contributed by atoms with Crippen LogP contribution in [0.15, 0.2) is 29.2 Å². The molecule has 0 bridgehead atoms. The second-order valence-electron chi connectivity index (χ2n) is 4.33. The third kappa shape index (κ3) is 5.82. The molecule has 0 aromatic heterocycles. The number of carboxylic acids is 1. The fourth-order valence-corrected chi connectivity index (χ4v) is 3.13. The molecular formula is C13H18N2O6S2.